The summed E-state index contributed by atoms with van der Waals surface area (Å²) in [5.74, 6) is 0.292. The van der Waals surface area contributed by atoms with E-state index in [4.69, 9.17) is 4.74 Å². The molecule has 96 valence electrons. The van der Waals surface area contributed by atoms with E-state index in [1.165, 1.54) is 6.42 Å². The fourth-order valence-electron chi connectivity index (χ4n) is 1.37. The van der Waals surface area contributed by atoms with Crippen LogP contribution in [-0.2, 0) is 9.53 Å². The third-order valence-corrected chi connectivity index (χ3v) is 2.59. The average Bonchev–Trinajstić information content (AvgIpc) is 2.24. The molecule has 0 radical (unpaired) electrons. The molecule has 1 fully saturated rings. The normalized spacial score (nSPS) is 14.2. The van der Waals surface area contributed by atoms with Gasteiger partial charge in [-0.2, -0.15) is 0 Å². The second-order valence-electron chi connectivity index (χ2n) is 3.78. The van der Waals surface area contributed by atoms with Gasteiger partial charge in [0.05, 0.1) is 6.61 Å². The highest BCUT2D eigenvalue weighted by Gasteiger charge is 2.19. The van der Waals surface area contributed by atoms with Crippen LogP contribution in [0.5, 0.6) is 0 Å². The fraction of sp³-hybridized carbons (Fsp3) is 0.917. The van der Waals surface area contributed by atoms with Crippen LogP contribution in [0, 0.1) is 0 Å². The maximum absolute atomic E-state index is 11.5. The number of methoxy groups -OCH3 is 1. The summed E-state index contributed by atoms with van der Waals surface area (Å²) in [6.45, 7) is 8.37. The molecule has 0 unspecified atom stereocenters. The molecule has 1 aliphatic heterocycles. The zero-order valence-corrected chi connectivity index (χ0v) is 11.2. The van der Waals surface area contributed by atoms with E-state index in [0.717, 1.165) is 32.8 Å². The Balaban J connectivity index is 0.00000106. The molecule has 4 nitrogen and oxygen atoms in total. The van der Waals surface area contributed by atoms with Gasteiger partial charge in [0.15, 0.2) is 0 Å². The second-order valence-corrected chi connectivity index (χ2v) is 3.78. The molecular weight excluding hydrogens is 204 g/mol. The third kappa shape index (κ3) is 6.08. The summed E-state index contributed by atoms with van der Waals surface area (Å²) in [6.07, 6.45) is 1.81. The van der Waals surface area contributed by atoms with Gasteiger partial charge < -0.3 is 14.5 Å². The van der Waals surface area contributed by atoms with E-state index < -0.39 is 0 Å². The monoisotopic (exact) mass is 230 g/mol. The minimum atomic E-state index is 0.292. The van der Waals surface area contributed by atoms with E-state index in [2.05, 4.69) is 4.90 Å². The largest absolute Gasteiger partial charge is 0.383 e. The lowest BCUT2D eigenvalue weighted by Gasteiger charge is -2.31. The summed E-state index contributed by atoms with van der Waals surface area (Å²) in [4.78, 5) is 15.5. The Labute approximate surface area is 99.5 Å². The lowest BCUT2D eigenvalue weighted by atomic mass is 10.2. The van der Waals surface area contributed by atoms with Gasteiger partial charge in [0.1, 0.15) is 0 Å². The Kier molecular flexibility index (Phi) is 9.24. The number of hydrogen-bond acceptors (Lipinski definition) is 3. The van der Waals surface area contributed by atoms with E-state index in [1.54, 1.807) is 7.11 Å². The van der Waals surface area contributed by atoms with Gasteiger partial charge in [0.2, 0.25) is 5.91 Å². The number of likely N-dealkylation sites (N-methyl/N-ethyl adjacent to an activating group) is 1. The number of carbonyl (C=O) groups excluding carboxylic acids is 1. The van der Waals surface area contributed by atoms with Crippen molar-refractivity contribution in [1.29, 1.82) is 0 Å². The van der Waals surface area contributed by atoms with Crippen molar-refractivity contribution >= 4 is 5.91 Å². The first-order valence-corrected chi connectivity index (χ1v) is 6.19. The minimum absolute atomic E-state index is 0.292. The van der Waals surface area contributed by atoms with Gasteiger partial charge >= 0.3 is 0 Å². The van der Waals surface area contributed by atoms with Crippen LogP contribution < -0.4 is 0 Å². The molecule has 0 spiro atoms. The lowest BCUT2D eigenvalue weighted by Crippen LogP contribution is -2.43. The van der Waals surface area contributed by atoms with Gasteiger partial charge in [-0.15, -0.1) is 0 Å². The van der Waals surface area contributed by atoms with Crippen LogP contribution in [0.15, 0.2) is 0 Å². The number of nitrogens with zero attached hydrogens (tertiary/aromatic N) is 2. The molecule has 1 saturated heterocycles. The molecule has 0 aromatic carbocycles. The molecule has 0 atom stereocenters. The molecule has 1 rings (SSSR count). The van der Waals surface area contributed by atoms with Gasteiger partial charge in [-0.1, -0.05) is 13.8 Å². The van der Waals surface area contributed by atoms with Crippen LogP contribution >= 0.6 is 0 Å². The molecule has 16 heavy (non-hydrogen) atoms. The van der Waals surface area contributed by atoms with Crippen molar-refractivity contribution in [2.24, 2.45) is 0 Å². The minimum Gasteiger partial charge on any atom is -0.383 e. The Morgan fingerprint density at radius 2 is 1.94 bits per heavy atom. The van der Waals surface area contributed by atoms with Crippen LogP contribution in [0.3, 0.4) is 0 Å². The molecule has 0 aromatic heterocycles. The van der Waals surface area contributed by atoms with E-state index >= 15 is 0 Å². The molecule has 0 N–H and O–H groups in total. The first-order valence-electron chi connectivity index (χ1n) is 6.19. The maximum atomic E-state index is 11.5. The van der Waals surface area contributed by atoms with E-state index in [1.807, 2.05) is 25.8 Å². The van der Waals surface area contributed by atoms with Gasteiger partial charge in [0.25, 0.3) is 0 Å². The van der Waals surface area contributed by atoms with Crippen molar-refractivity contribution in [2.75, 3.05) is 46.9 Å². The average molecular weight is 230 g/mol. The molecule has 1 heterocycles. The Morgan fingerprint density at radius 1 is 1.31 bits per heavy atom. The predicted molar refractivity (Wildman–Crippen MR) is 66.5 cm³/mol. The van der Waals surface area contributed by atoms with Crippen LogP contribution in [0.25, 0.3) is 0 Å². The number of rotatable bonds is 6. The SMILES string of the molecule is CC.COCCN(C)CCC(=O)N1CCC1. The topological polar surface area (TPSA) is 32.8 Å². The zero-order chi connectivity index (χ0) is 12.4. The van der Waals surface area contributed by atoms with Crippen molar-refractivity contribution < 1.29 is 9.53 Å². The Hall–Kier alpha value is -0.610. The van der Waals surface area contributed by atoms with Crippen LogP contribution in [-0.4, -0.2) is 62.7 Å². The highest BCUT2D eigenvalue weighted by atomic mass is 16.5. The van der Waals surface area contributed by atoms with Crippen molar-refractivity contribution in [1.82, 2.24) is 9.80 Å². The molecule has 0 aliphatic carbocycles. The second kappa shape index (κ2) is 9.60. The van der Waals surface area contributed by atoms with Crippen LogP contribution in [0.1, 0.15) is 26.7 Å². The predicted octanol–water partition coefficient (Wildman–Crippen LogP) is 1.21. The van der Waals surface area contributed by atoms with E-state index in [0.29, 0.717) is 12.3 Å². The van der Waals surface area contributed by atoms with Crippen molar-refractivity contribution in [3.05, 3.63) is 0 Å². The number of carbonyl (C=O) groups is 1. The van der Waals surface area contributed by atoms with Gasteiger partial charge in [-0.3, -0.25) is 4.79 Å². The fourth-order valence-corrected chi connectivity index (χ4v) is 1.37. The summed E-state index contributed by atoms with van der Waals surface area (Å²) in [5, 5.41) is 0. The summed E-state index contributed by atoms with van der Waals surface area (Å²) in [6, 6.07) is 0. The van der Waals surface area contributed by atoms with Crippen LogP contribution in [0.2, 0.25) is 0 Å². The summed E-state index contributed by atoms with van der Waals surface area (Å²) in [7, 11) is 3.71. The number of ether oxygens (including phenoxy) is 1. The first-order chi connectivity index (χ1) is 7.74. The van der Waals surface area contributed by atoms with Crippen molar-refractivity contribution in [3.8, 4) is 0 Å². The number of hydrogen-bond donors (Lipinski definition) is 0. The van der Waals surface area contributed by atoms with Gasteiger partial charge in [-0.05, 0) is 13.5 Å². The summed E-state index contributed by atoms with van der Waals surface area (Å²) < 4.78 is 4.96. The number of likely N-dealkylation sites (tertiary alicyclic amines) is 1. The molecule has 4 heteroatoms. The third-order valence-electron chi connectivity index (χ3n) is 2.59. The van der Waals surface area contributed by atoms with Gasteiger partial charge in [0, 0.05) is 39.7 Å². The van der Waals surface area contributed by atoms with Crippen molar-refractivity contribution in [2.45, 2.75) is 26.7 Å². The Bertz CT molecular complexity index is 182. The molecule has 0 bridgehead atoms. The Morgan fingerprint density at radius 3 is 2.38 bits per heavy atom. The molecule has 1 amide bonds. The van der Waals surface area contributed by atoms with E-state index in [-0.39, 0.29) is 0 Å². The summed E-state index contributed by atoms with van der Waals surface area (Å²) >= 11 is 0. The lowest BCUT2D eigenvalue weighted by molar-refractivity contribution is -0.134. The quantitative estimate of drug-likeness (QED) is 0.687. The van der Waals surface area contributed by atoms with Crippen LogP contribution in [0.4, 0.5) is 0 Å². The number of amides is 1. The highest BCUT2D eigenvalue weighted by Crippen LogP contribution is 2.07. The summed E-state index contributed by atoms with van der Waals surface area (Å²) in [5.41, 5.74) is 0. The molecule has 0 aromatic rings. The zero-order valence-electron chi connectivity index (χ0n) is 11.2. The van der Waals surface area contributed by atoms with Gasteiger partial charge in [-0.25, -0.2) is 0 Å². The molecule has 1 aliphatic rings. The maximum Gasteiger partial charge on any atom is 0.223 e. The standard InChI is InChI=1S/C10H20N2O2.C2H6/c1-11(8-9-14-2)7-4-10(13)12-5-3-6-12;1-2/h3-9H2,1-2H3;1-2H3. The molecular formula is C12H26N2O2. The smallest absolute Gasteiger partial charge is 0.223 e. The van der Waals surface area contributed by atoms with Crippen molar-refractivity contribution in [3.63, 3.8) is 0 Å². The molecule has 0 saturated carbocycles. The first kappa shape index (κ1) is 15.4. The highest BCUT2D eigenvalue weighted by molar-refractivity contribution is 5.77. The van der Waals surface area contributed by atoms with E-state index in [9.17, 15) is 4.79 Å².